The van der Waals surface area contributed by atoms with Crippen LogP contribution in [-0.4, -0.2) is 48.8 Å². The van der Waals surface area contributed by atoms with Crippen molar-refractivity contribution >= 4 is 17.0 Å². The van der Waals surface area contributed by atoms with E-state index in [0.29, 0.717) is 29.0 Å². The zero-order valence-corrected chi connectivity index (χ0v) is 15.1. The second-order valence-electron chi connectivity index (χ2n) is 7.02. The Morgan fingerprint density at radius 3 is 3.07 bits per heavy atom. The summed E-state index contributed by atoms with van der Waals surface area (Å²) in [4.78, 5) is 33.1. The van der Waals surface area contributed by atoms with Gasteiger partial charge in [0.25, 0.3) is 5.56 Å². The van der Waals surface area contributed by atoms with Crippen molar-refractivity contribution in [3.05, 3.63) is 57.8 Å². The third-order valence-electron chi connectivity index (χ3n) is 5.13. The molecule has 140 valence electrons. The van der Waals surface area contributed by atoms with Crippen LogP contribution in [0.2, 0.25) is 0 Å². The molecule has 0 spiro atoms. The number of aromatic carboxylic acids is 1. The Balaban J connectivity index is 1.54. The molecule has 8 heteroatoms. The lowest BCUT2D eigenvalue weighted by molar-refractivity contribution is 0.0696. The smallest absolute Gasteiger partial charge is 0.335 e. The van der Waals surface area contributed by atoms with Gasteiger partial charge in [0.15, 0.2) is 5.65 Å². The van der Waals surface area contributed by atoms with Gasteiger partial charge in [-0.2, -0.15) is 5.10 Å². The van der Waals surface area contributed by atoms with E-state index < -0.39 is 5.97 Å². The van der Waals surface area contributed by atoms with Crippen LogP contribution in [0.1, 0.15) is 40.5 Å². The van der Waals surface area contributed by atoms with E-state index in [2.05, 4.69) is 20.0 Å². The number of aromatic nitrogens is 4. The van der Waals surface area contributed by atoms with E-state index in [0.717, 1.165) is 31.5 Å². The molecule has 0 amide bonds. The Labute approximate surface area is 155 Å². The summed E-state index contributed by atoms with van der Waals surface area (Å²) in [5, 5.41) is 13.8. The van der Waals surface area contributed by atoms with Crippen molar-refractivity contribution in [3.63, 3.8) is 0 Å². The van der Waals surface area contributed by atoms with Gasteiger partial charge in [0.2, 0.25) is 0 Å². The number of piperidine rings is 1. The van der Waals surface area contributed by atoms with Crippen molar-refractivity contribution in [1.82, 2.24) is 24.6 Å². The Kier molecular flexibility index (Phi) is 4.49. The lowest BCUT2D eigenvalue weighted by Gasteiger charge is -2.32. The van der Waals surface area contributed by atoms with Crippen molar-refractivity contribution in [2.24, 2.45) is 7.05 Å². The summed E-state index contributed by atoms with van der Waals surface area (Å²) >= 11 is 0. The van der Waals surface area contributed by atoms with Crippen LogP contribution < -0.4 is 5.56 Å². The van der Waals surface area contributed by atoms with Gasteiger partial charge in [-0.25, -0.2) is 9.78 Å². The fourth-order valence-corrected chi connectivity index (χ4v) is 3.76. The highest BCUT2D eigenvalue weighted by atomic mass is 16.4. The molecule has 27 heavy (non-hydrogen) atoms. The lowest BCUT2D eigenvalue weighted by Crippen LogP contribution is -2.35. The number of aromatic amines is 1. The van der Waals surface area contributed by atoms with E-state index in [-0.39, 0.29) is 11.5 Å². The van der Waals surface area contributed by atoms with Crippen LogP contribution >= 0.6 is 0 Å². The first-order valence-corrected chi connectivity index (χ1v) is 8.98. The maximum Gasteiger partial charge on any atom is 0.335 e. The number of fused-ring (bicyclic) bond motifs is 1. The highest BCUT2D eigenvalue weighted by Crippen LogP contribution is 2.28. The Morgan fingerprint density at radius 2 is 2.26 bits per heavy atom. The van der Waals surface area contributed by atoms with Crippen LogP contribution in [0.4, 0.5) is 0 Å². The number of H-pyrrole nitrogens is 1. The third-order valence-corrected chi connectivity index (χ3v) is 5.13. The number of nitrogens with one attached hydrogen (secondary N) is 1. The van der Waals surface area contributed by atoms with Gasteiger partial charge in [0.05, 0.1) is 18.3 Å². The van der Waals surface area contributed by atoms with Crippen molar-refractivity contribution in [1.29, 1.82) is 0 Å². The molecule has 0 bridgehead atoms. The summed E-state index contributed by atoms with van der Waals surface area (Å²) in [6.07, 6.45) is 3.56. The molecule has 0 saturated carbocycles. The first-order valence-electron chi connectivity index (χ1n) is 8.98. The molecule has 3 aromatic rings. The van der Waals surface area contributed by atoms with Gasteiger partial charge in [-0.3, -0.25) is 14.4 Å². The number of nitrogens with zero attached hydrogens (tertiary/aromatic N) is 4. The summed E-state index contributed by atoms with van der Waals surface area (Å²) in [5.74, 6) is -0.0167. The first-order chi connectivity index (χ1) is 13.0. The molecule has 1 aliphatic rings. The van der Waals surface area contributed by atoms with Gasteiger partial charge in [-0.1, -0.05) is 12.1 Å². The second-order valence-corrected chi connectivity index (χ2v) is 7.02. The number of hydrogen-bond donors (Lipinski definition) is 2. The van der Waals surface area contributed by atoms with E-state index in [1.807, 2.05) is 6.07 Å². The van der Waals surface area contributed by atoms with Crippen molar-refractivity contribution in [2.45, 2.75) is 25.3 Å². The van der Waals surface area contributed by atoms with Crippen LogP contribution in [0, 0.1) is 0 Å². The largest absolute Gasteiger partial charge is 0.478 e. The fraction of sp³-hybridized carbons (Fsp3) is 0.368. The molecule has 8 nitrogen and oxygen atoms in total. The zero-order chi connectivity index (χ0) is 19.0. The number of carboxylic acid groups (broad SMARTS) is 1. The number of carbonyl (C=O) groups is 1. The number of likely N-dealkylation sites (tertiary alicyclic amines) is 1. The van der Waals surface area contributed by atoms with Crippen LogP contribution in [0.3, 0.4) is 0 Å². The average molecular weight is 367 g/mol. The van der Waals surface area contributed by atoms with Crippen LogP contribution in [0.5, 0.6) is 0 Å². The fourth-order valence-electron chi connectivity index (χ4n) is 3.76. The standard InChI is InChI=1S/C19H21N5O3/c1-23-17-15(9-20-23)18(25)22-16(21-17)11-24-7-3-6-14(10-24)12-4-2-5-13(8-12)19(26)27/h2,4-5,8-9,14H,3,6-7,10-11H2,1H3,(H,26,27)(H,21,22,25)/t14-/m1/s1. The number of benzene rings is 1. The average Bonchev–Trinajstić information content (AvgIpc) is 3.04. The normalized spacial score (nSPS) is 18.0. The van der Waals surface area contributed by atoms with Gasteiger partial charge >= 0.3 is 5.97 Å². The van der Waals surface area contributed by atoms with Crippen molar-refractivity contribution in [2.75, 3.05) is 13.1 Å². The third kappa shape index (κ3) is 3.48. The highest BCUT2D eigenvalue weighted by molar-refractivity contribution is 5.87. The van der Waals surface area contributed by atoms with Gasteiger partial charge in [0, 0.05) is 13.6 Å². The van der Waals surface area contributed by atoms with Gasteiger partial charge in [0.1, 0.15) is 11.2 Å². The summed E-state index contributed by atoms with van der Waals surface area (Å²) in [6, 6.07) is 7.16. The molecule has 0 unspecified atom stereocenters. The van der Waals surface area contributed by atoms with E-state index >= 15 is 0 Å². The molecule has 1 atom stereocenters. The Morgan fingerprint density at radius 1 is 1.41 bits per heavy atom. The predicted octanol–water partition coefficient (Wildman–Crippen LogP) is 1.73. The summed E-state index contributed by atoms with van der Waals surface area (Å²) in [5.41, 5.74) is 1.77. The number of carboxylic acids is 1. The molecule has 0 aliphatic carbocycles. The van der Waals surface area contributed by atoms with Gasteiger partial charge in [-0.05, 0) is 43.0 Å². The summed E-state index contributed by atoms with van der Waals surface area (Å²) < 4.78 is 1.60. The summed E-state index contributed by atoms with van der Waals surface area (Å²) in [7, 11) is 1.77. The molecule has 1 aromatic carbocycles. The number of hydrogen-bond acceptors (Lipinski definition) is 5. The SMILES string of the molecule is Cn1ncc2c(=O)[nH]c(CN3CCC[C@@H](c4cccc(C(=O)O)c4)C3)nc21. The van der Waals surface area contributed by atoms with Crippen molar-refractivity contribution < 1.29 is 9.90 Å². The molecule has 0 radical (unpaired) electrons. The predicted molar refractivity (Wildman–Crippen MR) is 99.8 cm³/mol. The van der Waals surface area contributed by atoms with E-state index in [4.69, 9.17) is 0 Å². The van der Waals surface area contributed by atoms with Gasteiger partial charge in [-0.15, -0.1) is 0 Å². The van der Waals surface area contributed by atoms with Crippen LogP contribution in [0.25, 0.3) is 11.0 Å². The maximum atomic E-state index is 12.2. The number of rotatable bonds is 4. The minimum Gasteiger partial charge on any atom is -0.478 e. The molecule has 2 N–H and O–H groups in total. The molecule has 3 heterocycles. The van der Waals surface area contributed by atoms with Crippen LogP contribution in [0.15, 0.2) is 35.3 Å². The molecule has 4 rings (SSSR count). The molecule has 1 aliphatic heterocycles. The van der Waals surface area contributed by atoms with Gasteiger partial charge < -0.3 is 10.1 Å². The van der Waals surface area contributed by atoms with Crippen molar-refractivity contribution in [3.8, 4) is 0 Å². The molecule has 1 saturated heterocycles. The monoisotopic (exact) mass is 367 g/mol. The quantitative estimate of drug-likeness (QED) is 0.728. The molecular weight excluding hydrogens is 346 g/mol. The van der Waals surface area contributed by atoms with E-state index in [1.165, 1.54) is 6.20 Å². The van der Waals surface area contributed by atoms with Crippen LogP contribution in [-0.2, 0) is 13.6 Å². The van der Waals surface area contributed by atoms with E-state index in [1.54, 1.807) is 29.9 Å². The lowest BCUT2D eigenvalue weighted by atomic mass is 9.89. The minimum atomic E-state index is -0.907. The molecule has 1 fully saturated rings. The maximum absolute atomic E-state index is 12.2. The molecule has 2 aromatic heterocycles. The highest BCUT2D eigenvalue weighted by Gasteiger charge is 2.23. The topological polar surface area (TPSA) is 104 Å². The second kappa shape index (κ2) is 6.96. The Hall–Kier alpha value is -3.00. The first kappa shape index (κ1) is 17.4. The van der Waals surface area contributed by atoms with E-state index in [9.17, 15) is 14.7 Å². The summed E-state index contributed by atoms with van der Waals surface area (Å²) in [6.45, 7) is 2.27. The zero-order valence-electron chi connectivity index (χ0n) is 15.1. The Bertz CT molecular complexity index is 1050. The number of aryl methyl sites for hydroxylation is 1. The molecular formula is C19H21N5O3. The minimum absolute atomic E-state index is 0.175.